The molecule has 1 heterocycles. The van der Waals surface area contributed by atoms with Gasteiger partial charge in [-0.3, -0.25) is 4.79 Å². The predicted molar refractivity (Wildman–Crippen MR) is 112 cm³/mol. The molecular formula is C22H24FN3OS. The van der Waals surface area contributed by atoms with E-state index in [1.54, 1.807) is 12.1 Å². The van der Waals surface area contributed by atoms with Crippen LogP contribution in [0.5, 0.6) is 0 Å². The summed E-state index contributed by atoms with van der Waals surface area (Å²) in [5.74, 6) is -0.388. The number of thiazole rings is 1. The third-order valence-corrected chi connectivity index (χ3v) is 5.60. The van der Waals surface area contributed by atoms with Gasteiger partial charge in [0.05, 0.1) is 5.69 Å². The Balaban J connectivity index is 1.48. The topological polar surface area (TPSA) is 45.2 Å². The standard InChI is InChI=1S/C22H24FN3OS/c1-16-20(28-22(25-16)18-9-11-19(23)12-10-18)21(27)24-13-6-14-26(2)15-17-7-4-3-5-8-17/h3-5,7-12H,6,13-15H2,1-2H3,(H,24,27). The Labute approximate surface area is 169 Å². The summed E-state index contributed by atoms with van der Waals surface area (Å²) >= 11 is 1.34. The molecule has 1 aromatic heterocycles. The highest BCUT2D eigenvalue weighted by Crippen LogP contribution is 2.28. The Morgan fingerprint density at radius 2 is 1.86 bits per heavy atom. The second kappa shape index (κ2) is 9.57. The first-order valence-electron chi connectivity index (χ1n) is 9.27. The summed E-state index contributed by atoms with van der Waals surface area (Å²) in [6.07, 6.45) is 0.873. The third-order valence-electron chi connectivity index (χ3n) is 4.39. The highest BCUT2D eigenvalue weighted by Gasteiger charge is 2.16. The summed E-state index contributed by atoms with van der Waals surface area (Å²) in [5.41, 5.74) is 2.79. The first-order valence-corrected chi connectivity index (χ1v) is 10.1. The Morgan fingerprint density at radius 1 is 1.14 bits per heavy atom. The molecule has 6 heteroatoms. The van der Waals surface area contributed by atoms with Crippen LogP contribution in [0.25, 0.3) is 10.6 Å². The number of hydrogen-bond donors (Lipinski definition) is 1. The monoisotopic (exact) mass is 397 g/mol. The van der Waals surface area contributed by atoms with E-state index in [0.29, 0.717) is 17.1 Å². The molecule has 0 aliphatic heterocycles. The number of aryl methyl sites for hydroxylation is 1. The van der Waals surface area contributed by atoms with E-state index in [2.05, 4.69) is 34.4 Å². The summed E-state index contributed by atoms with van der Waals surface area (Å²) in [4.78, 5) is 19.8. The lowest BCUT2D eigenvalue weighted by Gasteiger charge is -2.16. The van der Waals surface area contributed by atoms with E-state index in [4.69, 9.17) is 0 Å². The molecule has 0 bridgehead atoms. The van der Waals surface area contributed by atoms with Crippen molar-refractivity contribution in [1.82, 2.24) is 15.2 Å². The molecule has 0 saturated carbocycles. The number of hydrogen-bond acceptors (Lipinski definition) is 4. The Bertz CT molecular complexity index is 909. The zero-order chi connectivity index (χ0) is 19.9. The molecule has 1 N–H and O–H groups in total. The van der Waals surface area contributed by atoms with Crippen LogP contribution in [-0.2, 0) is 6.54 Å². The van der Waals surface area contributed by atoms with E-state index in [1.165, 1.54) is 29.0 Å². The fourth-order valence-corrected chi connectivity index (χ4v) is 3.92. The average Bonchev–Trinajstić information content (AvgIpc) is 3.08. The van der Waals surface area contributed by atoms with E-state index in [9.17, 15) is 9.18 Å². The van der Waals surface area contributed by atoms with Gasteiger partial charge in [0.2, 0.25) is 0 Å². The van der Waals surface area contributed by atoms with E-state index in [-0.39, 0.29) is 11.7 Å². The first-order chi connectivity index (χ1) is 13.5. The van der Waals surface area contributed by atoms with Crippen LogP contribution in [0, 0.1) is 12.7 Å². The van der Waals surface area contributed by atoms with Crippen LogP contribution in [0.2, 0.25) is 0 Å². The molecule has 4 nitrogen and oxygen atoms in total. The highest BCUT2D eigenvalue weighted by molar-refractivity contribution is 7.17. The SMILES string of the molecule is Cc1nc(-c2ccc(F)cc2)sc1C(=O)NCCCN(C)Cc1ccccc1. The number of nitrogens with zero attached hydrogens (tertiary/aromatic N) is 2. The molecule has 3 aromatic rings. The van der Waals surface area contributed by atoms with Crippen LogP contribution in [-0.4, -0.2) is 35.9 Å². The van der Waals surface area contributed by atoms with Gasteiger partial charge in [0, 0.05) is 18.7 Å². The minimum Gasteiger partial charge on any atom is -0.351 e. The van der Waals surface area contributed by atoms with Crippen molar-refractivity contribution < 1.29 is 9.18 Å². The van der Waals surface area contributed by atoms with E-state index in [1.807, 2.05) is 25.1 Å². The minimum atomic E-state index is -0.285. The summed E-state index contributed by atoms with van der Waals surface area (Å²) < 4.78 is 13.1. The maximum Gasteiger partial charge on any atom is 0.263 e. The largest absolute Gasteiger partial charge is 0.351 e. The number of benzene rings is 2. The van der Waals surface area contributed by atoms with E-state index >= 15 is 0 Å². The Morgan fingerprint density at radius 3 is 2.57 bits per heavy atom. The fraction of sp³-hybridized carbons (Fsp3) is 0.273. The van der Waals surface area contributed by atoms with Crippen molar-refractivity contribution in [1.29, 1.82) is 0 Å². The second-order valence-electron chi connectivity index (χ2n) is 6.77. The number of aromatic nitrogens is 1. The quantitative estimate of drug-likeness (QED) is 0.569. The zero-order valence-corrected chi connectivity index (χ0v) is 16.9. The minimum absolute atomic E-state index is 0.103. The summed E-state index contributed by atoms with van der Waals surface area (Å²) in [6, 6.07) is 16.5. The fourth-order valence-electron chi connectivity index (χ4n) is 2.93. The predicted octanol–water partition coefficient (Wildman–Crippen LogP) is 4.51. The molecule has 3 rings (SSSR count). The van der Waals surface area contributed by atoms with Crippen molar-refractivity contribution >= 4 is 17.2 Å². The summed E-state index contributed by atoms with van der Waals surface area (Å²) in [5, 5.41) is 3.70. The normalized spacial score (nSPS) is 11.0. The molecule has 146 valence electrons. The van der Waals surface area contributed by atoms with Crippen molar-refractivity contribution in [3.63, 3.8) is 0 Å². The number of nitrogens with one attached hydrogen (secondary N) is 1. The highest BCUT2D eigenvalue weighted by atomic mass is 32.1. The van der Waals surface area contributed by atoms with Crippen molar-refractivity contribution in [3.05, 3.63) is 76.5 Å². The van der Waals surface area contributed by atoms with Gasteiger partial charge < -0.3 is 10.2 Å². The molecule has 0 aliphatic rings. The van der Waals surface area contributed by atoms with Crippen molar-refractivity contribution in [2.75, 3.05) is 20.1 Å². The van der Waals surface area contributed by atoms with Crippen LogP contribution < -0.4 is 5.32 Å². The lowest BCUT2D eigenvalue weighted by atomic mass is 10.2. The molecular weight excluding hydrogens is 373 g/mol. The number of amides is 1. The van der Waals surface area contributed by atoms with Gasteiger partial charge in [0.1, 0.15) is 15.7 Å². The Kier molecular flexibility index (Phi) is 6.90. The van der Waals surface area contributed by atoms with Gasteiger partial charge in [0.25, 0.3) is 5.91 Å². The van der Waals surface area contributed by atoms with Crippen LogP contribution in [0.1, 0.15) is 27.3 Å². The molecule has 0 unspecified atom stereocenters. The number of rotatable bonds is 8. The van der Waals surface area contributed by atoms with Crippen LogP contribution in [0.3, 0.4) is 0 Å². The van der Waals surface area contributed by atoms with E-state index in [0.717, 1.165) is 30.1 Å². The van der Waals surface area contributed by atoms with Crippen molar-refractivity contribution in [2.45, 2.75) is 19.9 Å². The van der Waals surface area contributed by atoms with Gasteiger partial charge >= 0.3 is 0 Å². The summed E-state index contributed by atoms with van der Waals surface area (Å²) in [7, 11) is 2.08. The van der Waals surface area contributed by atoms with Gasteiger partial charge in [-0.1, -0.05) is 30.3 Å². The molecule has 0 fully saturated rings. The van der Waals surface area contributed by atoms with Gasteiger partial charge in [-0.25, -0.2) is 9.37 Å². The maximum atomic E-state index is 13.1. The second-order valence-corrected chi connectivity index (χ2v) is 7.77. The first kappa shape index (κ1) is 20.2. The molecule has 2 aromatic carbocycles. The van der Waals surface area contributed by atoms with Crippen LogP contribution in [0.4, 0.5) is 4.39 Å². The lowest BCUT2D eigenvalue weighted by molar-refractivity contribution is 0.0955. The average molecular weight is 398 g/mol. The van der Waals surface area contributed by atoms with Crippen LogP contribution in [0.15, 0.2) is 54.6 Å². The van der Waals surface area contributed by atoms with Crippen LogP contribution >= 0.6 is 11.3 Å². The van der Waals surface area contributed by atoms with Gasteiger partial charge in [-0.15, -0.1) is 11.3 Å². The third kappa shape index (κ3) is 5.47. The smallest absolute Gasteiger partial charge is 0.263 e. The molecule has 0 atom stereocenters. The maximum absolute atomic E-state index is 13.1. The summed E-state index contributed by atoms with van der Waals surface area (Å²) in [6.45, 7) is 4.23. The van der Waals surface area contributed by atoms with Gasteiger partial charge in [-0.2, -0.15) is 0 Å². The molecule has 28 heavy (non-hydrogen) atoms. The molecule has 0 saturated heterocycles. The number of halogens is 1. The van der Waals surface area contributed by atoms with Gasteiger partial charge in [0.15, 0.2) is 0 Å². The zero-order valence-electron chi connectivity index (χ0n) is 16.1. The van der Waals surface area contributed by atoms with E-state index < -0.39 is 0 Å². The van der Waals surface area contributed by atoms with Crippen molar-refractivity contribution in [2.24, 2.45) is 0 Å². The van der Waals surface area contributed by atoms with Crippen molar-refractivity contribution in [3.8, 4) is 10.6 Å². The molecule has 1 amide bonds. The number of carbonyl (C=O) groups excluding carboxylic acids is 1. The molecule has 0 radical (unpaired) electrons. The molecule has 0 aliphatic carbocycles. The number of carbonyl (C=O) groups is 1. The lowest BCUT2D eigenvalue weighted by Crippen LogP contribution is -2.28. The Hall–Kier alpha value is -2.57. The molecule has 0 spiro atoms. The van der Waals surface area contributed by atoms with Gasteiger partial charge in [-0.05, 0) is 56.8 Å².